The van der Waals surface area contributed by atoms with Gasteiger partial charge in [0.05, 0.1) is 7.11 Å². The fourth-order valence-electron chi connectivity index (χ4n) is 2.60. The van der Waals surface area contributed by atoms with E-state index in [-0.39, 0.29) is 0 Å². The molecule has 1 saturated heterocycles. The molecule has 0 amide bonds. The van der Waals surface area contributed by atoms with E-state index < -0.39 is 0 Å². The fraction of sp³-hybridized carbons (Fsp3) is 0.600. The molecule has 0 atom stereocenters. The van der Waals surface area contributed by atoms with Crippen molar-refractivity contribution in [1.82, 2.24) is 10.2 Å². The molecule has 0 saturated carbocycles. The zero-order chi connectivity index (χ0) is 13.7. The topological polar surface area (TPSA) is 24.5 Å². The lowest BCUT2D eigenvalue weighted by molar-refractivity contribution is 0.205. The van der Waals surface area contributed by atoms with Crippen LogP contribution < -0.4 is 10.1 Å². The highest BCUT2D eigenvalue weighted by atomic mass is 35.5. The van der Waals surface area contributed by atoms with E-state index >= 15 is 0 Å². The predicted molar refractivity (Wildman–Crippen MR) is 80.0 cm³/mol. The van der Waals surface area contributed by atoms with Crippen molar-refractivity contribution in [3.8, 4) is 5.75 Å². The van der Waals surface area contributed by atoms with Gasteiger partial charge in [0.25, 0.3) is 0 Å². The Morgan fingerprint density at radius 3 is 2.74 bits per heavy atom. The first-order chi connectivity index (χ1) is 9.24. The van der Waals surface area contributed by atoms with E-state index in [4.69, 9.17) is 16.3 Å². The molecule has 0 bridgehead atoms. The van der Waals surface area contributed by atoms with Crippen molar-refractivity contribution in [3.63, 3.8) is 0 Å². The molecular weight excluding hydrogens is 260 g/mol. The maximum atomic E-state index is 6.24. The highest BCUT2D eigenvalue weighted by Crippen LogP contribution is 2.26. The number of hydrogen-bond acceptors (Lipinski definition) is 3. The van der Waals surface area contributed by atoms with Crippen LogP contribution in [0.25, 0.3) is 0 Å². The van der Waals surface area contributed by atoms with Crippen LogP contribution in [0.2, 0.25) is 5.02 Å². The summed E-state index contributed by atoms with van der Waals surface area (Å²) in [6.07, 6.45) is 2.42. The number of ether oxygens (including phenoxy) is 1. The normalized spacial score (nSPS) is 17.6. The number of likely N-dealkylation sites (tertiary alicyclic amines) is 1. The molecule has 0 aliphatic carbocycles. The third-order valence-corrected chi connectivity index (χ3v) is 4.25. The minimum atomic E-state index is 0.587. The molecule has 1 aliphatic heterocycles. The maximum absolute atomic E-state index is 6.24. The van der Waals surface area contributed by atoms with Gasteiger partial charge < -0.3 is 15.0 Å². The minimum absolute atomic E-state index is 0.587. The molecule has 1 N–H and O–H groups in total. The van der Waals surface area contributed by atoms with Gasteiger partial charge in [-0.2, -0.15) is 0 Å². The standard InChI is InChI=1S/C15H23ClN2O/c1-3-18-9-7-12(8-10-18)17-11-13-14(16)5-4-6-15(13)19-2/h4-6,12,17H,3,7-11H2,1-2H3. The molecule has 2 rings (SSSR count). The molecule has 3 nitrogen and oxygen atoms in total. The van der Waals surface area contributed by atoms with Crippen molar-refractivity contribution in [3.05, 3.63) is 28.8 Å². The second-order valence-electron chi connectivity index (χ2n) is 5.01. The molecule has 1 fully saturated rings. The molecule has 0 aromatic heterocycles. The third-order valence-electron chi connectivity index (χ3n) is 3.90. The highest BCUT2D eigenvalue weighted by molar-refractivity contribution is 6.31. The number of nitrogens with one attached hydrogen (secondary N) is 1. The maximum Gasteiger partial charge on any atom is 0.124 e. The Kier molecular flexibility index (Phi) is 5.49. The Balaban J connectivity index is 1.89. The smallest absolute Gasteiger partial charge is 0.124 e. The van der Waals surface area contributed by atoms with Crippen LogP contribution in [0.1, 0.15) is 25.3 Å². The molecule has 1 heterocycles. The lowest BCUT2D eigenvalue weighted by atomic mass is 10.0. The molecule has 0 spiro atoms. The second kappa shape index (κ2) is 7.13. The fourth-order valence-corrected chi connectivity index (χ4v) is 2.83. The van der Waals surface area contributed by atoms with E-state index in [9.17, 15) is 0 Å². The summed E-state index contributed by atoms with van der Waals surface area (Å²) >= 11 is 6.24. The van der Waals surface area contributed by atoms with Gasteiger partial charge in [0, 0.05) is 23.2 Å². The van der Waals surface area contributed by atoms with Gasteiger partial charge in [-0.05, 0) is 44.6 Å². The summed E-state index contributed by atoms with van der Waals surface area (Å²) in [5, 5.41) is 4.38. The van der Waals surface area contributed by atoms with Crippen molar-refractivity contribution in [2.24, 2.45) is 0 Å². The Hall–Kier alpha value is -0.770. The number of nitrogens with zero attached hydrogens (tertiary/aromatic N) is 1. The van der Waals surface area contributed by atoms with Crippen LogP contribution in [0.4, 0.5) is 0 Å². The van der Waals surface area contributed by atoms with Crippen LogP contribution in [0, 0.1) is 0 Å². The SMILES string of the molecule is CCN1CCC(NCc2c(Cl)cccc2OC)CC1. The van der Waals surface area contributed by atoms with Crippen molar-refractivity contribution in [2.45, 2.75) is 32.4 Å². The lowest BCUT2D eigenvalue weighted by Crippen LogP contribution is -2.42. The van der Waals surface area contributed by atoms with E-state index in [0.29, 0.717) is 6.04 Å². The summed E-state index contributed by atoms with van der Waals surface area (Å²) in [6, 6.07) is 6.39. The van der Waals surface area contributed by atoms with Crippen molar-refractivity contribution < 1.29 is 4.74 Å². The van der Waals surface area contributed by atoms with Gasteiger partial charge in [-0.15, -0.1) is 0 Å². The third kappa shape index (κ3) is 3.85. The highest BCUT2D eigenvalue weighted by Gasteiger charge is 2.18. The van der Waals surface area contributed by atoms with E-state index in [2.05, 4.69) is 17.1 Å². The lowest BCUT2D eigenvalue weighted by Gasteiger charge is -2.31. The zero-order valence-corrected chi connectivity index (χ0v) is 12.5. The van der Waals surface area contributed by atoms with Crippen LogP contribution in [0.5, 0.6) is 5.75 Å². The number of rotatable bonds is 5. The number of methoxy groups -OCH3 is 1. The molecule has 1 aliphatic rings. The molecular formula is C15H23ClN2O. The van der Waals surface area contributed by atoms with Crippen LogP contribution in [0.3, 0.4) is 0 Å². The summed E-state index contributed by atoms with van der Waals surface area (Å²) in [5.41, 5.74) is 1.06. The monoisotopic (exact) mass is 282 g/mol. The molecule has 106 valence electrons. The van der Waals surface area contributed by atoms with Crippen molar-refractivity contribution in [1.29, 1.82) is 0 Å². The Bertz CT molecular complexity index is 403. The molecule has 19 heavy (non-hydrogen) atoms. The molecule has 1 aromatic rings. The van der Waals surface area contributed by atoms with E-state index in [1.54, 1.807) is 7.11 Å². The number of piperidine rings is 1. The van der Waals surface area contributed by atoms with Gasteiger partial charge in [0.15, 0.2) is 0 Å². The average molecular weight is 283 g/mol. The Morgan fingerprint density at radius 1 is 1.37 bits per heavy atom. The number of hydrogen-bond donors (Lipinski definition) is 1. The Morgan fingerprint density at radius 2 is 2.11 bits per heavy atom. The van der Waals surface area contributed by atoms with Gasteiger partial charge in [-0.1, -0.05) is 24.6 Å². The van der Waals surface area contributed by atoms with Gasteiger partial charge >= 0.3 is 0 Å². The van der Waals surface area contributed by atoms with E-state index in [1.165, 1.54) is 25.9 Å². The first-order valence-corrected chi connectivity index (χ1v) is 7.39. The van der Waals surface area contributed by atoms with Crippen LogP contribution in [-0.4, -0.2) is 37.7 Å². The summed E-state index contributed by atoms with van der Waals surface area (Å²) in [7, 11) is 1.69. The number of benzene rings is 1. The zero-order valence-electron chi connectivity index (χ0n) is 11.8. The summed E-state index contributed by atoms with van der Waals surface area (Å²) in [4.78, 5) is 2.49. The minimum Gasteiger partial charge on any atom is -0.496 e. The van der Waals surface area contributed by atoms with Gasteiger partial charge in [0.1, 0.15) is 5.75 Å². The van der Waals surface area contributed by atoms with Crippen LogP contribution in [-0.2, 0) is 6.54 Å². The summed E-state index contributed by atoms with van der Waals surface area (Å²) in [6.45, 7) is 6.54. The Labute approximate surface area is 120 Å². The number of halogens is 1. The van der Waals surface area contributed by atoms with Crippen LogP contribution >= 0.6 is 11.6 Å². The van der Waals surface area contributed by atoms with Gasteiger partial charge in [-0.3, -0.25) is 0 Å². The van der Waals surface area contributed by atoms with Crippen molar-refractivity contribution >= 4 is 11.6 Å². The predicted octanol–water partition coefficient (Wildman–Crippen LogP) is 2.92. The molecule has 0 radical (unpaired) electrons. The quantitative estimate of drug-likeness (QED) is 0.899. The first-order valence-electron chi connectivity index (χ1n) is 7.01. The molecule has 0 unspecified atom stereocenters. The average Bonchev–Trinajstić information content (AvgIpc) is 2.46. The largest absolute Gasteiger partial charge is 0.496 e. The second-order valence-corrected chi connectivity index (χ2v) is 5.42. The van der Waals surface area contributed by atoms with E-state index in [1.807, 2.05) is 18.2 Å². The van der Waals surface area contributed by atoms with Gasteiger partial charge in [-0.25, -0.2) is 0 Å². The summed E-state index contributed by atoms with van der Waals surface area (Å²) in [5.74, 6) is 0.867. The van der Waals surface area contributed by atoms with Crippen LogP contribution in [0.15, 0.2) is 18.2 Å². The molecule has 1 aromatic carbocycles. The first kappa shape index (κ1) is 14.6. The van der Waals surface area contributed by atoms with Gasteiger partial charge in [0.2, 0.25) is 0 Å². The summed E-state index contributed by atoms with van der Waals surface area (Å²) < 4.78 is 5.37. The van der Waals surface area contributed by atoms with Crippen molar-refractivity contribution in [2.75, 3.05) is 26.7 Å². The molecule has 4 heteroatoms. The van der Waals surface area contributed by atoms with E-state index in [0.717, 1.165) is 29.4 Å².